The molecule has 0 radical (unpaired) electrons. The first-order valence-corrected chi connectivity index (χ1v) is 9.02. The number of rotatable bonds is 6. The van der Waals surface area contributed by atoms with Gasteiger partial charge in [-0.1, -0.05) is 42.8 Å². The highest BCUT2D eigenvalue weighted by Crippen LogP contribution is 2.31. The van der Waals surface area contributed by atoms with Crippen molar-refractivity contribution in [2.24, 2.45) is 5.41 Å². The fraction of sp³-hybridized carbons (Fsp3) is 0.429. The minimum absolute atomic E-state index is 0.398. The standard InChI is InChI=1S/C21H25ClO4/c1-6-20(2,3)19(24)25-13-18(23)26-21(4,5)15-10-11-16-14(12-15)8-7-9-17(16)22/h7-12H,6,13H2,1-5H3. The summed E-state index contributed by atoms with van der Waals surface area (Å²) in [7, 11) is 0. The third-order valence-electron chi connectivity index (χ3n) is 4.65. The Morgan fingerprint density at radius 1 is 1.08 bits per heavy atom. The van der Waals surface area contributed by atoms with E-state index in [4.69, 9.17) is 21.1 Å². The van der Waals surface area contributed by atoms with Gasteiger partial charge in [0.2, 0.25) is 0 Å². The molecular weight excluding hydrogens is 352 g/mol. The zero-order chi connectivity index (χ0) is 19.5. The van der Waals surface area contributed by atoms with Crippen LogP contribution in [0, 0.1) is 5.41 Å². The van der Waals surface area contributed by atoms with E-state index in [2.05, 4.69) is 0 Å². The molecule has 0 aliphatic heterocycles. The smallest absolute Gasteiger partial charge is 0.345 e. The molecule has 2 aromatic carbocycles. The number of fused-ring (bicyclic) bond motifs is 1. The van der Waals surface area contributed by atoms with Gasteiger partial charge in [0.15, 0.2) is 6.61 Å². The second-order valence-electron chi connectivity index (χ2n) is 7.47. The van der Waals surface area contributed by atoms with Crippen molar-refractivity contribution in [3.8, 4) is 0 Å². The normalized spacial score (nSPS) is 12.1. The van der Waals surface area contributed by atoms with E-state index in [-0.39, 0.29) is 0 Å². The molecule has 0 atom stereocenters. The lowest BCUT2D eigenvalue weighted by atomic mass is 9.91. The molecule has 26 heavy (non-hydrogen) atoms. The fourth-order valence-corrected chi connectivity index (χ4v) is 2.70. The molecule has 0 bridgehead atoms. The summed E-state index contributed by atoms with van der Waals surface area (Å²) < 4.78 is 10.6. The van der Waals surface area contributed by atoms with E-state index < -0.39 is 29.6 Å². The largest absolute Gasteiger partial charge is 0.453 e. The maximum Gasteiger partial charge on any atom is 0.345 e. The van der Waals surface area contributed by atoms with Gasteiger partial charge in [-0.2, -0.15) is 0 Å². The van der Waals surface area contributed by atoms with Crippen LogP contribution in [-0.2, 0) is 24.7 Å². The number of esters is 2. The second-order valence-corrected chi connectivity index (χ2v) is 7.88. The summed E-state index contributed by atoms with van der Waals surface area (Å²) in [6.45, 7) is 8.66. The predicted molar refractivity (Wildman–Crippen MR) is 103 cm³/mol. The number of carbonyl (C=O) groups excluding carboxylic acids is 2. The number of benzene rings is 2. The van der Waals surface area contributed by atoms with Crippen molar-refractivity contribution < 1.29 is 19.1 Å². The second kappa shape index (κ2) is 7.67. The lowest BCUT2D eigenvalue weighted by molar-refractivity contribution is -0.172. The maximum absolute atomic E-state index is 12.1. The molecule has 0 heterocycles. The van der Waals surface area contributed by atoms with Crippen LogP contribution in [0.3, 0.4) is 0 Å². The molecular formula is C21H25ClO4. The summed E-state index contributed by atoms with van der Waals surface area (Å²) in [4.78, 5) is 24.1. The van der Waals surface area contributed by atoms with Crippen molar-refractivity contribution >= 4 is 34.3 Å². The summed E-state index contributed by atoms with van der Waals surface area (Å²) in [6.07, 6.45) is 0.631. The van der Waals surface area contributed by atoms with Crippen LogP contribution in [-0.4, -0.2) is 18.5 Å². The Kier molecular flexibility index (Phi) is 5.97. The number of carbonyl (C=O) groups is 2. The molecule has 0 spiro atoms. The molecule has 2 aromatic rings. The molecule has 0 N–H and O–H groups in total. The van der Waals surface area contributed by atoms with E-state index in [1.165, 1.54) is 0 Å². The van der Waals surface area contributed by atoms with Crippen LogP contribution >= 0.6 is 11.6 Å². The Balaban J connectivity index is 2.08. The van der Waals surface area contributed by atoms with Crippen molar-refractivity contribution in [3.63, 3.8) is 0 Å². The van der Waals surface area contributed by atoms with E-state index in [0.717, 1.165) is 16.3 Å². The van der Waals surface area contributed by atoms with Gasteiger partial charge in [0, 0.05) is 10.4 Å². The highest BCUT2D eigenvalue weighted by atomic mass is 35.5. The van der Waals surface area contributed by atoms with E-state index >= 15 is 0 Å². The molecule has 4 nitrogen and oxygen atoms in total. The summed E-state index contributed by atoms with van der Waals surface area (Å²) in [5, 5.41) is 2.58. The minimum Gasteiger partial charge on any atom is -0.453 e. The van der Waals surface area contributed by atoms with Crippen LogP contribution < -0.4 is 0 Å². The quantitative estimate of drug-likeness (QED) is 0.646. The lowest BCUT2D eigenvalue weighted by Crippen LogP contribution is -2.31. The Bertz CT molecular complexity index is 824. The monoisotopic (exact) mass is 376 g/mol. The van der Waals surface area contributed by atoms with E-state index in [1.807, 2.05) is 43.3 Å². The van der Waals surface area contributed by atoms with Crippen LogP contribution in [0.5, 0.6) is 0 Å². The molecule has 0 saturated heterocycles. The molecule has 0 unspecified atom stereocenters. The highest BCUT2D eigenvalue weighted by molar-refractivity contribution is 6.35. The van der Waals surface area contributed by atoms with Crippen molar-refractivity contribution in [1.82, 2.24) is 0 Å². The maximum atomic E-state index is 12.1. The van der Waals surface area contributed by atoms with Gasteiger partial charge in [-0.05, 0) is 57.2 Å². The van der Waals surface area contributed by atoms with Gasteiger partial charge in [0.1, 0.15) is 5.60 Å². The van der Waals surface area contributed by atoms with Crippen molar-refractivity contribution in [2.75, 3.05) is 6.61 Å². The fourth-order valence-electron chi connectivity index (χ4n) is 2.46. The molecule has 140 valence electrons. The SMILES string of the molecule is CCC(C)(C)C(=O)OCC(=O)OC(C)(C)c1ccc2c(Cl)cccc2c1. The first kappa shape index (κ1) is 20.2. The van der Waals surface area contributed by atoms with E-state index in [1.54, 1.807) is 27.7 Å². The van der Waals surface area contributed by atoms with Gasteiger partial charge in [0.25, 0.3) is 0 Å². The molecule has 0 aliphatic carbocycles. The van der Waals surface area contributed by atoms with Crippen molar-refractivity contribution in [1.29, 1.82) is 0 Å². The third kappa shape index (κ3) is 4.55. The number of hydrogen-bond acceptors (Lipinski definition) is 4. The summed E-state index contributed by atoms with van der Waals surface area (Å²) in [6, 6.07) is 11.4. The zero-order valence-electron chi connectivity index (χ0n) is 15.9. The number of hydrogen-bond donors (Lipinski definition) is 0. The molecule has 0 amide bonds. The van der Waals surface area contributed by atoms with E-state index in [0.29, 0.717) is 11.4 Å². The average Bonchev–Trinajstić information content (AvgIpc) is 2.59. The van der Waals surface area contributed by atoms with Crippen LogP contribution in [0.25, 0.3) is 10.8 Å². The molecule has 0 saturated carbocycles. The number of ether oxygens (including phenoxy) is 2. The van der Waals surface area contributed by atoms with Gasteiger partial charge in [-0.3, -0.25) is 4.79 Å². The predicted octanol–water partition coefficient (Wildman–Crippen LogP) is 5.25. The molecule has 0 aromatic heterocycles. The Hall–Kier alpha value is -2.07. The zero-order valence-corrected chi connectivity index (χ0v) is 16.6. The third-order valence-corrected chi connectivity index (χ3v) is 4.98. The number of halogens is 1. The Morgan fingerprint density at radius 3 is 2.42 bits per heavy atom. The van der Waals surface area contributed by atoms with Crippen LogP contribution in [0.15, 0.2) is 36.4 Å². The van der Waals surface area contributed by atoms with E-state index in [9.17, 15) is 9.59 Å². The van der Waals surface area contributed by atoms with Crippen LogP contribution in [0.2, 0.25) is 5.02 Å². The van der Waals surface area contributed by atoms with Crippen molar-refractivity contribution in [2.45, 2.75) is 46.6 Å². The first-order valence-electron chi connectivity index (χ1n) is 8.64. The first-order chi connectivity index (χ1) is 12.1. The Labute approximate surface area is 159 Å². The van der Waals surface area contributed by atoms with Crippen LogP contribution in [0.4, 0.5) is 0 Å². The molecule has 5 heteroatoms. The average molecular weight is 377 g/mol. The summed E-state index contributed by atoms with van der Waals surface area (Å²) >= 11 is 6.19. The van der Waals surface area contributed by atoms with Crippen molar-refractivity contribution in [3.05, 3.63) is 47.0 Å². The van der Waals surface area contributed by atoms with Gasteiger partial charge in [0.05, 0.1) is 5.41 Å². The van der Waals surface area contributed by atoms with Gasteiger partial charge in [-0.25, -0.2) is 4.79 Å². The molecule has 0 fully saturated rings. The topological polar surface area (TPSA) is 52.6 Å². The van der Waals surface area contributed by atoms with Gasteiger partial charge >= 0.3 is 11.9 Å². The summed E-state index contributed by atoms with van der Waals surface area (Å²) in [5.74, 6) is -0.989. The minimum atomic E-state index is -0.861. The van der Waals surface area contributed by atoms with Gasteiger partial charge in [-0.15, -0.1) is 0 Å². The Morgan fingerprint density at radius 2 is 1.77 bits per heavy atom. The van der Waals surface area contributed by atoms with Gasteiger partial charge < -0.3 is 9.47 Å². The lowest BCUT2D eigenvalue weighted by Gasteiger charge is -2.26. The molecule has 2 rings (SSSR count). The van der Waals surface area contributed by atoms with Crippen LogP contribution in [0.1, 0.15) is 46.6 Å². The molecule has 0 aliphatic rings. The highest BCUT2D eigenvalue weighted by Gasteiger charge is 2.30. The summed E-state index contributed by atoms with van der Waals surface area (Å²) in [5.41, 5.74) is -0.644.